The van der Waals surface area contributed by atoms with E-state index in [9.17, 15) is 0 Å². The monoisotopic (exact) mass is 267 g/mol. The van der Waals surface area contributed by atoms with Crippen molar-refractivity contribution in [3.05, 3.63) is 35.4 Å². The highest BCUT2D eigenvalue weighted by Gasteiger charge is 2.41. The van der Waals surface area contributed by atoms with E-state index in [0.717, 1.165) is 18.9 Å². The Kier molecular flexibility index (Phi) is 3.38. The van der Waals surface area contributed by atoms with Gasteiger partial charge in [0.2, 0.25) is 0 Å². The van der Waals surface area contributed by atoms with Crippen molar-refractivity contribution in [2.24, 2.45) is 5.92 Å². The van der Waals surface area contributed by atoms with Gasteiger partial charge in [-0.2, -0.15) is 0 Å². The molecular weight excluding hydrogens is 242 g/mol. The molecule has 1 aromatic rings. The van der Waals surface area contributed by atoms with Crippen LogP contribution in [-0.2, 0) is 0 Å². The van der Waals surface area contributed by atoms with Gasteiger partial charge in [-0.25, -0.2) is 0 Å². The highest BCUT2D eigenvalue weighted by molar-refractivity contribution is 5.38. The van der Waals surface area contributed by atoms with Gasteiger partial charge in [0.25, 0.3) is 0 Å². The molecule has 0 bridgehead atoms. The molecule has 0 amide bonds. The summed E-state index contributed by atoms with van der Waals surface area (Å²) < 4.78 is 0. The normalized spacial score (nSPS) is 27.5. The van der Waals surface area contributed by atoms with Crippen LogP contribution in [0.25, 0.3) is 0 Å². The zero-order valence-electron chi connectivity index (χ0n) is 12.9. The maximum absolute atomic E-state index is 5.83. The molecule has 0 N–H and O–H groups in total. The summed E-state index contributed by atoms with van der Waals surface area (Å²) >= 11 is 0. The number of likely N-dealkylation sites (tertiary alicyclic amines) is 1. The van der Waals surface area contributed by atoms with E-state index in [-0.39, 0.29) is 5.54 Å². The van der Waals surface area contributed by atoms with Crippen molar-refractivity contribution in [3.8, 4) is 12.3 Å². The van der Waals surface area contributed by atoms with Gasteiger partial charge in [-0.15, -0.1) is 12.3 Å². The summed E-state index contributed by atoms with van der Waals surface area (Å²) in [6.45, 7) is 8.03. The average molecular weight is 267 g/mol. The summed E-state index contributed by atoms with van der Waals surface area (Å²) in [5.41, 5.74) is 3.21. The third kappa shape index (κ3) is 2.38. The predicted molar refractivity (Wildman–Crippen MR) is 84.6 cm³/mol. The Morgan fingerprint density at radius 3 is 2.30 bits per heavy atom. The largest absolute Gasteiger partial charge is 0.290 e. The minimum Gasteiger partial charge on any atom is -0.290 e. The molecule has 1 aromatic carbocycles. The van der Waals surface area contributed by atoms with Crippen LogP contribution in [0.4, 0.5) is 0 Å². The molecule has 2 unspecified atom stereocenters. The zero-order chi connectivity index (χ0) is 14.3. The molecule has 1 saturated carbocycles. The second-order valence-electron chi connectivity index (χ2n) is 7.27. The van der Waals surface area contributed by atoms with Crippen molar-refractivity contribution in [1.82, 2.24) is 4.90 Å². The van der Waals surface area contributed by atoms with Gasteiger partial charge < -0.3 is 0 Å². The fraction of sp³-hybridized carbons (Fsp3) is 0.579. The van der Waals surface area contributed by atoms with Crippen LogP contribution in [0.5, 0.6) is 0 Å². The van der Waals surface area contributed by atoms with Gasteiger partial charge in [0, 0.05) is 24.0 Å². The van der Waals surface area contributed by atoms with Gasteiger partial charge in [0.1, 0.15) is 0 Å². The van der Waals surface area contributed by atoms with Gasteiger partial charge in [0.05, 0.1) is 0 Å². The van der Waals surface area contributed by atoms with Crippen LogP contribution in [0.15, 0.2) is 24.3 Å². The summed E-state index contributed by atoms with van der Waals surface area (Å²) in [7, 11) is 0. The Hall–Kier alpha value is -1.26. The zero-order valence-corrected chi connectivity index (χ0v) is 12.9. The van der Waals surface area contributed by atoms with Crippen molar-refractivity contribution in [2.75, 3.05) is 6.54 Å². The topological polar surface area (TPSA) is 3.24 Å². The van der Waals surface area contributed by atoms with Crippen molar-refractivity contribution >= 4 is 0 Å². The number of terminal acetylenes is 1. The Bertz CT molecular complexity index is 527. The fourth-order valence-corrected chi connectivity index (χ4v) is 3.65. The lowest BCUT2D eigenvalue weighted by atomic mass is 9.88. The number of hydrogen-bond acceptors (Lipinski definition) is 1. The standard InChI is InChI=1S/C19H25N/c1-5-14-12-13-20(19(2,3)4)18(14)17-9-7-6-8-16(17)15-10-11-15/h1,6-9,14-15,18H,10-13H2,2-4H3. The van der Waals surface area contributed by atoms with Crippen LogP contribution in [0.3, 0.4) is 0 Å². The maximum atomic E-state index is 5.83. The average Bonchev–Trinajstić information content (AvgIpc) is 3.15. The number of hydrogen-bond donors (Lipinski definition) is 0. The minimum absolute atomic E-state index is 0.174. The van der Waals surface area contributed by atoms with E-state index in [0.29, 0.717) is 12.0 Å². The number of nitrogens with zero attached hydrogens (tertiary/aromatic N) is 1. The van der Waals surface area contributed by atoms with Crippen LogP contribution in [0.2, 0.25) is 0 Å². The molecule has 1 aliphatic heterocycles. The van der Waals surface area contributed by atoms with Gasteiger partial charge in [0.15, 0.2) is 0 Å². The quantitative estimate of drug-likeness (QED) is 0.720. The van der Waals surface area contributed by atoms with E-state index in [2.05, 4.69) is 55.9 Å². The second kappa shape index (κ2) is 4.93. The first kappa shape index (κ1) is 13.7. The summed E-state index contributed by atoms with van der Waals surface area (Å²) in [6, 6.07) is 9.38. The van der Waals surface area contributed by atoms with Crippen molar-refractivity contribution in [2.45, 2.75) is 57.5 Å². The first-order valence-corrected chi connectivity index (χ1v) is 7.84. The molecule has 1 heterocycles. The van der Waals surface area contributed by atoms with E-state index in [4.69, 9.17) is 6.42 Å². The van der Waals surface area contributed by atoms with Crippen molar-refractivity contribution in [1.29, 1.82) is 0 Å². The van der Waals surface area contributed by atoms with Gasteiger partial charge in [-0.1, -0.05) is 24.3 Å². The molecule has 1 aliphatic carbocycles. The first-order valence-electron chi connectivity index (χ1n) is 7.84. The molecule has 1 heteroatoms. The summed E-state index contributed by atoms with van der Waals surface area (Å²) in [5, 5.41) is 0. The SMILES string of the molecule is C#CC1CCN(C(C)(C)C)C1c1ccccc1C1CC1. The van der Waals surface area contributed by atoms with Crippen molar-refractivity contribution < 1.29 is 0 Å². The fourth-order valence-electron chi connectivity index (χ4n) is 3.65. The van der Waals surface area contributed by atoms with E-state index >= 15 is 0 Å². The molecule has 1 nitrogen and oxygen atoms in total. The summed E-state index contributed by atoms with van der Waals surface area (Å²) in [5.74, 6) is 4.20. The van der Waals surface area contributed by atoms with E-state index in [1.165, 1.54) is 18.4 Å². The first-order chi connectivity index (χ1) is 9.52. The lowest BCUT2D eigenvalue weighted by molar-refractivity contribution is 0.114. The minimum atomic E-state index is 0.174. The third-order valence-electron chi connectivity index (χ3n) is 4.81. The second-order valence-corrected chi connectivity index (χ2v) is 7.27. The number of rotatable bonds is 2. The molecule has 2 atom stereocenters. The van der Waals surface area contributed by atoms with Gasteiger partial charge in [-0.05, 0) is 57.1 Å². The molecule has 20 heavy (non-hydrogen) atoms. The van der Waals surface area contributed by atoms with Crippen LogP contribution in [-0.4, -0.2) is 17.0 Å². The molecule has 2 aliphatic rings. The Labute approximate surface area is 123 Å². The predicted octanol–water partition coefficient (Wildman–Crippen LogP) is 4.36. The highest BCUT2D eigenvalue weighted by atomic mass is 15.2. The Morgan fingerprint density at radius 2 is 1.75 bits per heavy atom. The molecule has 0 spiro atoms. The summed E-state index contributed by atoms with van der Waals surface area (Å²) in [6.07, 6.45) is 9.65. The Morgan fingerprint density at radius 1 is 1.10 bits per heavy atom. The van der Waals surface area contributed by atoms with Crippen LogP contribution < -0.4 is 0 Å². The molecule has 0 aromatic heterocycles. The van der Waals surface area contributed by atoms with E-state index in [1.54, 1.807) is 5.56 Å². The highest BCUT2D eigenvalue weighted by Crippen LogP contribution is 2.48. The van der Waals surface area contributed by atoms with Crippen LogP contribution in [0.1, 0.15) is 63.1 Å². The maximum Gasteiger partial charge on any atom is 0.0494 e. The molecule has 2 fully saturated rings. The summed E-state index contributed by atoms with van der Waals surface area (Å²) in [4.78, 5) is 2.61. The van der Waals surface area contributed by atoms with Crippen molar-refractivity contribution in [3.63, 3.8) is 0 Å². The van der Waals surface area contributed by atoms with Gasteiger partial charge >= 0.3 is 0 Å². The molecular formula is C19H25N. The number of benzene rings is 1. The molecule has 1 saturated heterocycles. The third-order valence-corrected chi connectivity index (χ3v) is 4.81. The lowest BCUT2D eigenvalue weighted by Gasteiger charge is -2.39. The van der Waals surface area contributed by atoms with E-state index < -0.39 is 0 Å². The van der Waals surface area contributed by atoms with Crippen LogP contribution in [0, 0.1) is 18.3 Å². The molecule has 3 rings (SSSR count). The lowest BCUT2D eigenvalue weighted by Crippen LogP contribution is -2.41. The van der Waals surface area contributed by atoms with Gasteiger partial charge in [-0.3, -0.25) is 4.90 Å². The molecule has 0 radical (unpaired) electrons. The smallest absolute Gasteiger partial charge is 0.0494 e. The van der Waals surface area contributed by atoms with E-state index in [1.807, 2.05) is 0 Å². The molecule has 106 valence electrons. The van der Waals surface area contributed by atoms with Crippen LogP contribution >= 0.6 is 0 Å². The Balaban J connectivity index is 2.03.